The summed E-state index contributed by atoms with van der Waals surface area (Å²) in [5.41, 5.74) is 6.46. The Morgan fingerprint density at radius 2 is 2.16 bits per heavy atom. The topological polar surface area (TPSA) is 75.6 Å². The molecule has 0 spiro atoms. The molecule has 0 amide bonds. The van der Waals surface area contributed by atoms with Crippen molar-refractivity contribution in [2.24, 2.45) is 5.73 Å². The van der Waals surface area contributed by atoms with E-state index in [0.29, 0.717) is 0 Å². The molecule has 3 heterocycles. The van der Waals surface area contributed by atoms with Crippen molar-refractivity contribution in [1.82, 2.24) is 24.5 Å². The minimum absolute atomic E-state index is 0.720. The molecule has 2 aromatic heterocycles. The fourth-order valence-corrected chi connectivity index (χ4v) is 2.56. The zero-order valence-electron chi connectivity index (χ0n) is 10.9. The molecule has 2 N–H and O–H groups in total. The van der Waals surface area contributed by atoms with E-state index in [9.17, 15) is 0 Å². The van der Waals surface area contributed by atoms with E-state index in [1.54, 1.807) is 12.5 Å². The largest absolute Gasteiger partial charge is 0.352 e. The molecule has 3 rings (SSSR count). The lowest BCUT2D eigenvalue weighted by molar-refractivity contribution is 0.302. The normalized spacial score (nSPS) is 17.8. The molecule has 1 saturated heterocycles. The zero-order valence-corrected chi connectivity index (χ0v) is 10.9. The van der Waals surface area contributed by atoms with Crippen LogP contribution in [0.25, 0.3) is 5.65 Å². The van der Waals surface area contributed by atoms with Crippen LogP contribution in [0.4, 0.5) is 5.82 Å². The van der Waals surface area contributed by atoms with Gasteiger partial charge < -0.3 is 15.5 Å². The van der Waals surface area contributed by atoms with Gasteiger partial charge in [0, 0.05) is 45.1 Å². The lowest BCUT2D eigenvalue weighted by Crippen LogP contribution is -2.34. The van der Waals surface area contributed by atoms with Gasteiger partial charge in [-0.1, -0.05) is 0 Å². The van der Waals surface area contributed by atoms with E-state index >= 15 is 0 Å². The minimum atomic E-state index is 0.720. The fraction of sp³-hybridized carbons (Fsp3) is 0.583. The molecule has 0 unspecified atom stereocenters. The molecule has 1 aliphatic rings. The number of aromatic nitrogens is 4. The van der Waals surface area contributed by atoms with Gasteiger partial charge in [0.25, 0.3) is 0 Å². The van der Waals surface area contributed by atoms with Gasteiger partial charge >= 0.3 is 0 Å². The van der Waals surface area contributed by atoms with Crippen molar-refractivity contribution < 1.29 is 0 Å². The summed E-state index contributed by atoms with van der Waals surface area (Å²) >= 11 is 0. The van der Waals surface area contributed by atoms with Crippen molar-refractivity contribution in [1.29, 1.82) is 0 Å². The molecule has 7 nitrogen and oxygen atoms in total. The van der Waals surface area contributed by atoms with Crippen LogP contribution >= 0.6 is 0 Å². The van der Waals surface area contributed by atoms with Gasteiger partial charge in [0.05, 0.1) is 0 Å². The third kappa shape index (κ3) is 2.52. The van der Waals surface area contributed by atoms with Gasteiger partial charge in [-0.15, -0.1) is 10.2 Å². The highest BCUT2D eigenvalue weighted by Gasteiger charge is 2.18. The monoisotopic (exact) mass is 261 g/mol. The number of fused-ring (bicyclic) bond motifs is 1. The maximum Gasteiger partial charge on any atom is 0.203 e. The van der Waals surface area contributed by atoms with Gasteiger partial charge in [-0.25, -0.2) is 4.98 Å². The van der Waals surface area contributed by atoms with E-state index in [4.69, 9.17) is 5.73 Å². The predicted molar refractivity (Wildman–Crippen MR) is 73.1 cm³/mol. The SMILES string of the molecule is NCCN1CCCN(c2nccn3cnnc23)CC1. The van der Waals surface area contributed by atoms with Gasteiger partial charge in [0.1, 0.15) is 6.33 Å². The highest BCUT2D eigenvalue weighted by molar-refractivity contribution is 5.63. The standard InChI is InChI=1S/C12H19N7/c13-2-6-17-4-1-5-18(9-8-17)11-12-16-15-10-19(12)7-3-14-11/h3,7,10H,1-2,4-6,8-9,13H2. The van der Waals surface area contributed by atoms with E-state index in [1.165, 1.54) is 0 Å². The Morgan fingerprint density at radius 3 is 3.05 bits per heavy atom. The molecule has 1 fully saturated rings. The molecule has 7 heteroatoms. The number of anilines is 1. The Kier molecular flexibility index (Phi) is 3.56. The molecule has 0 aromatic carbocycles. The summed E-state index contributed by atoms with van der Waals surface area (Å²) in [6.45, 7) is 5.77. The first-order chi connectivity index (χ1) is 9.38. The smallest absolute Gasteiger partial charge is 0.203 e. The van der Waals surface area contributed by atoms with Crippen molar-refractivity contribution in [3.63, 3.8) is 0 Å². The molecule has 0 aliphatic carbocycles. The average molecular weight is 261 g/mol. The molecule has 102 valence electrons. The number of hydrogen-bond acceptors (Lipinski definition) is 6. The summed E-state index contributed by atoms with van der Waals surface area (Å²) in [6, 6.07) is 0. The summed E-state index contributed by atoms with van der Waals surface area (Å²) in [5, 5.41) is 8.10. The van der Waals surface area contributed by atoms with E-state index < -0.39 is 0 Å². The number of nitrogens with zero attached hydrogens (tertiary/aromatic N) is 6. The third-order valence-electron chi connectivity index (χ3n) is 3.53. The summed E-state index contributed by atoms with van der Waals surface area (Å²) < 4.78 is 1.91. The van der Waals surface area contributed by atoms with Crippen LogP contribution in [0.15, 0.2) is 18.7 Å². The fourth-order valence-electron chi connectivity index (χ4n) is 2.56. The third-order valence-corrected chi connectivity index (χ3v) is 3.53. The van der Waals surface area contributed by atoms with E-state index in [0.717, 1.165) is 57.2 Å². The highest BCUT2D eigenvalue weighted by atomic mass is 15.3. The highest BCUT2D eigenvalue weighted by Crippen LogP contribution is 2.17. The van der Waals surface area contributed by atoms with Crippen LogP contribution in [0.2, 0.25) is 0 Å². The van der Waals surface area contributed by atoms with Crippen molar-refractivity contribution in [3.05, 3.63) is 18.7 Å². The van der Waals surface area contributed by atoms with Crippen LogP contribution in [0.3, 0.4) is 0 Å². The van der Waals surface area contributed by atoms with Gasteiger partial charge in [-0.05, 0) is 13.0 Å². The molecule has 0 atom stereocenters. The Morgan fingerprint density at radius 1 is 1.21 bits per heavy atom. The Balaban J connectivity index is 1.80. The van der Waals surface area contributed by atoms with Crippen molar-refractivity contribution in [2.75, 3.05) is 44.2 Å². The van der Waals surface area contributed by atoms with Crippen molar-refractivity contribution in [2.45, 2.75) is 6.42 Å². The lowest BCUT2D eigenvalue weighted by Gasteiger charge is -2.22. The van der Waals surface area contributed by atoms with E-state index in [-0.39, 0.29) is 0 Å². The van der Waals surface area contributed by atoms with Crippen LogP contribution in [0.1, 0.15) is 6.42 Å². The molecule has 2 aromatic rings. The second kappa shape index (κ2) is 5.50. The van der Waals surface area contributed by atoms with Gasteiger partial charge in [0.15, 0.2) is 5.82 Å². The Labute approximate surface area is 112 Å². The van der Waals surface area contributed by atoms with Crippen molar-refractivity contribution in [3.8, 4) is 0 Å². The summed E-state index contributed by atoms with van der Waals surface area (Å²) in [5.74, 6) is 0.926. The summed E-state index contributed by atoms with van der Waals surface area (Å²) in [6.07, 6.45) is 6.50. The summed E-state index contributed by atoms with van der Waals surface area (Å²) in [7, 11) is 0. The second-order valence-electron chi connectivity index (χ2n) is 4.78. The molecular formula is C12H19N7. The van der Waals surface area contributed by atoms with E-state index in [1.807, 2.05) is 10.6 Å². The first-order valence-electron chi connectivity index (χ1n) is 6.70. The van der Waals surface area contributed by atoms with Gasteiger partial charge in [0.2, 0.25) is 5.65 Å². The van der Waals surface area contributed by atoms with Gasteiger partial charge in [-0.2, -0.15) is 0 Å². The number of hydrogen-bond donors (Lipinski definition) is 1. The van der Waals surface area contributed by atoms with Gasteiger partial charge in [-0.3, -0.25) is 4.40 Å². The maximum atomic E-state index is 5.63. The molecule has 0 saturated carbocycles. The van der Waals surface area contributed by atoms with Crippen LogP contribution in [0, 0.1) is 0 Å². The predicted octanol–water partition coefficient (Wildman–Crippen LogP) is -0.405. The quantitative estimate of drug-likeness (QED) is 0.810. The maximum absolute atomic E-state index is 5.63. The molecule has 0 bridgehead atoms. The van der Waals surface area contributed by atoms with E-state index in [2.05, 4.69) is 25.0 Å². The van der Waals surface area contributed by atoms with Crippen LogP contribution in [-0.4, -0.2) is 63.8 Å². The molecular weight excluding hydrogens is 242 g/mol. The Hall–Kier alpha value is -1.73. The molecule has 1 aliphatic heterocycles. The minimum Gasteiger partial charge on any atom is -0.352 e. The average Bonchev–Trinajstić information content (AvgIpc) is 2.79. The molecule has 19 heavy (non-hydrogen) atoms. The van der Waals surface area contributed by atoms with Crippen LogP contribution < -0.4 is 10.6 Å². The van der Waals surface area contributed by atoms with Crippen LogP contribution in [0.5, 0.6) is 0 Å². The zero-order chi connectivity index (χ0) is 13.1. The summed E-state index contributed by atoms with van der Waals surface area (Å²) in [4.78, 5) is 9.17. The Bertz CT molecular complexity index is 538. The van der Waals surface area contributed by atoms with Crippen molar-refractivity contribution >= 4 is 11.5 Å². The second-order valence-corrected chi connectivity index (χ2v) is 4.78. The van der Waals surface area contributed by atoms with Crippen LogP contribution in [-0.2, 0) is 0 Å². The first kappa shape index (κ1) is 12.3. The lowest BCUT2D eigenvalue weighted by atomic mass is 10.3. The molecule has 0 radical (unpaired) electrons. The first-order valence-corrected chi connectivity index (χ1v) is 6.70. The number of nitrogens with two attached hydrogens (primary N) is 1. The number of rotatable bonds is 3.